The summed E-state index contributed by atoms with van der Waals surface area (Å²) in [6, 6.07) is 0. The third kappa shape index (κ3) is 4.52. The van der Waals surface area contributed by atoms with Crippen molar-refractivity contribution in [3.8, 4) is 0 Å². The Labute approximate surface area is 111 Å². The maximum absolute atomic E-state index is 11.4. The molecule has 0 aromatic rings. The number of rotatable bonds is 2. The first kappa shape index (κ1) is 14.8. The Hall–Kier alpha value is 0.700. The minimum atomic E-state index is -3.76. The van der Waals surface area contributed by atoms with Crippen LogP contribution in [-0.2, 0) is 20.4 Å². The highest BCUT2D eigenvalue weighted by atomic mass is 79.9. The topological polar surface area (TPSA) is 116 Å². The van der Waals surface area contributed by atoms with Crippen LogP contribution in [0.15, 0.2) is 0 Å². The lowest BCUT2D eigenvalue weighted by Gasteiger charge is -2.26. The molecule has 0 atom stereocenters. The molecule has 0 unspecified atom stereocenters. The molecule has 1 fully saturated rings. The molecule has 16 heavy (non-hydrogen) atoms. The van der Waals surface area contributed by atoms with E-state index < -0.39 is 32.8 Å². The van der Waals surface area contributed by atoms with Crippen molar-refractivity contribution in [3.05, 3.63) is 0 Å². The summed E-state index contributed by atoms with van der Waals surface area (Å²) in [6.45, 7) is 0. The van der Waals surface area contributed by atoms with Crippen LogP contribution in [0.4, 0.5) is 0 Å². The molecule has 0 radical (unpaired) electrons. The van der Waals surface area contributed by atoms with Gasteiger partial charge in [0, 0.05) is 10.7 Å². The molecular formula is C4H10Br2N4O4S2. The first-order valence-corrected chi connectivity index (χ1v) is 9.20. The maximum atomic E-state index is 11.4. The molecule has 0 aliphatic carbocycles. The highest BCUT2D eigenvalue weighted by Gasteiger charge is 2.29. The second-order valence-electron chi connectivity index (χ2n) is 2.89. The molecule has 0 spiro atoms. The summed E-state index contributed by atoms with van der Waals surface area (Å²) in [5, 5.41) is 0.210. The average molecular weight is 402 g/mol. The molecule has 1 aliphatic heterocycles. The molecule has 8 nitrogen and oxygen atoms in total. The molecule has 0 amide bonds. The van der Waals surface area contributed by atoms with Crippen LogP contribution in [0.3, 0.4) is 0 Å². The molecule has 1 heterocycles. The molecular weight excluding hydrogens is 392 g/mol. The van der Waals surface area contributed by atoms with Crippen LogP contribution in [0.5, 0.6) is 0 Å². The zero-order valence-corrected chi connectivity index (χ0v) is 12.6. The second-order valence-corrected chi connectivity index (χ2v) is 7.14. The lowest BCUT2D eigenvalue weighted by atomic mass is 10.7. The van der Waals surface area contributed by atoms with E-state index in [1.54, 1.807) is 0 Å². The quantitative estimate of drug-likeness (QED) is 0.412. The first-order chi connectivity index (χ1) is 7.28. The lowest BCUT2D eigenvalue weighted by molar-refractivity contribution is 0.485. The van der Waals surface area contributed by atoms with Crippen molar-refractivity contribution in [2.45, 2.75) is 12.3 Å². The molecule has 1 saturated heterocycles. The summed E-state index contributed by atoms with van der Waals surface area (Å²) in [5.74, 6) is 0. The Morgan fingerprint density at radius 3 is 1.19 bits per heavy atom. The predicted molar refractivity (Wildman–Crippen MR) is 65.5 cm³/mol. The van der Waals surface area contributed by atoms with E-state index in [-0.39, 0.29) is 10.7 Å². The maximum Gasteiger partial charge on any atom is 0.279 e. The summed E-state index contributed by atoms with van der Waals surface area (Å²) in [6.07, 6.45) is -1.91. The van der Waals surface area contributed by atoms with Crippen molar-refractivity contribution >= 4 is 52.3 Å². The van der Waals surface area contributed by atoms with Gasteiger partial charge in [-0.2, -0.15) is 35.7 Å². The second kappa shape index (κ2) is 5.56. The monoisotopic (exact) mass is 400 g/mol. The van der Waals surface area contributed by atoms with E-state index in [0.717, 1.165) is 0 Å². The Kier molecular flexibility index (Phi) is 5.13. The highest BCUT2D eigenvalue weighted by molar-refractivity contribution is 9.09. The Morgan fingerprint density at radius 1 is 0.750 bits per heavy atom. The van der Waals surface area contributed by atoms with E-state index in [0.29, 0.717) is 0 Å². The zero-order chi connectivity index (χ0) is 12.4. The molecule has 4 N–H and O–H groups in total. The summed E-state index contributed by atoms with van der Waals surface area (Å²) >= 11 is 5.98. The number of hydrogen-bond acceptors (Lipinski definition) is 4. The van der Waals surface area contributed by atoms with Crippen LogP contribution in [0.2, 0.25) is 0 Å². The van der Waals surface area contributed by atoms with E-state index in [4.69, 9.17) is 0 Å². The summed E-state index contributed by atoms with van der Waals surface area (Å²) in [4.78, 5) is 0. The molecule has 1 rings (SSSR count). The number of halogens is 2. The number of nitrogens with one attached hydrogen (secondary N) is 4. The summed E-state index contributed by atoms with van der Waals surface area (Å²) in [7, 11) is -7.53. The molecule has 1 aliphatic rings. The first-order valence-electron chi connectivity index (χ1n) is 3.99. The van der Waals surface area contributed by atoms with Crippen molar-refractivity contribution in [2.75, 3.05) is 10.7 Å². The standard InChI is InChI=1S/C4H10Br2N4O4S2/c5-1-3-7-15(11,12)9-4(2-6)10-16(13,14)8-3/h3-4,7-10H,1-2H2. The molecule has 0 aromatic heterocycles. The van der Waals surface area contributed by atoms with Gasteiger partial charge in [-0.15, -0.1) is 0 Å². The SMILES string of the molecule is O=S1(=O)NC(CBr)NS(=O)(=O)NC(CBr)N1. The van der Waals surface area contributed by atoms with Gasteiger partial charge in [0.15, 0.2) is 0 Å². The smallest absolute Gasteiger partial charge is 0.195 e. The normalized spacial score (nSPS) is 33.9. The van der Waals surface area contributed by atoms with Crippen molar-refractivity contribution in [1.82, 2.24) is 18.9 Å². The van der Waals surface area contributed by atoms with Crippen LogP contribution in [0, 0.1) is 0 Å². The highest BCUT2D eigenvalue weighted by Crippen LogP contribution is 1.99. The van der Waals surface area contributed by atoms with Gasteiger partial charge in [0.2, 0.25) is 0 Å². The predicted octanol–water partition coefficient (Wildman–Crippen LogP) is -1.71. The van der Waals surface area contributed by atoms with Gasteiger partial charge in [-0.3, -0.25) is 0 Å². The molecule has 0 saturated carbocycles. The third-order valence-corrected chi connectivity index (χ3v) is 5.17. The van der Waals surface area contributed by atoms with E-state index in [9.17, 15) is 16.8 Å². The fraction of sp³-hybridized carbons (Fsp3) is 1.00. The van der Waals surface area contributed by atoms with Gasteiger partial charge >= 0.3 is 0 Å². The van der Waals surface area contributed by atoms with Gasteiger partial charge in [0.25, 0.3) is 20.4 Å². The van der Waals surface area contributed by atoms with Gasteiger partial charge in [-0.1, -0.05) is 31.9 Å². The fourth-order valence-electron chi connectivity index (χ4n) is 0.991. The average Bonchev–Trinajstić information content (AvgIpc) is 2.12. The Bertz CT molecular complexity index is 371. The van der Waals surface area contributed by atoms with E-state index in [2.05, 4.69) is 50.7 Å². The molecule has 96 valence electrons. The lowest BCUT2D eigenvalue weighted by Crippen LogP contribution is -2.63. The Balaban J connectivity index is 2.96. The van der Waals surface area contributed by atoms with Crippen LogP contribution in [-0.4, -0.2) is 39.8 Å². The van der Waals surface area contributed by atoms with Crippen LogP contribution < -0.4 is 18.9 Å². The van der Waals surface area contributed by atoms with E-state index in [1.165, 1.54) is 0 Å². The van der Waals surface area contributed by atoms with Gasteiger partial charge in [0.05, 0.1) is 12.3 Å². The van der Waals surface area contributed by atoms with Crippen LogP contribution in [0.25, 0.3) is 0 Å². The minimum absolute atomic E-state index is 0.105. The number of alkyl halides is 2. The zero-order valence-electron chi connectivity index (χ0n) is 7.77. The molecule has 12 heteroatoms. The van der Waals surface area contributed by atoms with Crippen molar-refractivity contribution in [1.29, 1.82) is 0 Å². The largest absolute Gasteiger partial charge is 0.279 e. The van der Waals surface area contributed by atoms with E-state index in [1.807, 2.05) is 0 Å². The van der Waals surface area contributed by atoms with Crippen molar-refractivity contribution in [2.24, 2.45) is 0 Å². The summed E-state index contributed by atoms with van der Waals surface area (Å²) < 4.78 is 54.2. The fourth-order valence-corrected chi connectivity index (χ4v) is 4.85. The van der Waals surface area contributed by atoms with Crippen LogP contribution in [0.1, 0.15) is 0 Å². The van der Waals surface area contributed by atoms with Gasteiger partial charge in [0.1, 0.15) is 0 Å². The van der Waals surface area contributed by atoms with Gasteiger partial charge in [-0.05, 0) is 0 Å². The Morgan fingerprint density at radius 2 is 1.00 bits per heavy atom. The van der Waals surface area contributed by atoms with Crippen molar-refractivity contribution < 1.29 is 16.8 Å². The van der Waals surface area contributed by atoms with E-state index >= 15 is 0 Å². The van der Waals surface area contributed by atoms with Crippen molar-refractivity contribution in [3.63, 3.8) is 0 Å². The minimum Gasteiger partial charge on any atom is -0.195 e. The van der Waals surface area contributed by atoms with Crippen LogP contribution >= 0.6 is 31.9 Å². The van der Waals surface area contributed by atoms with Gasteiger partial charge < -0.3 is 0 Å². The molecule has 0 aromatic carbocycles. The molecule has 0 bridgehead atoms. The third-order valence-electron chi connectivity index (χ3n) is 1.50. The van der Waals surface area contributed by atoms with Gasteiger partial charge in [-0.25, -0.2) is 0 Å². The summed E-state index contributed by atoms with van der Waals surface area (Å²) in [5.41, 5.74) is 0. The number of hydrogen-bond donors (Lipinski definition) is 4.